The van der Waals surface area contributed by atoms with Crippen molar-refractivity contribution >= 4 is 10.9 Å². The Bertz CT molecular complexity index is 1060. The van der Waals surface area contributed by atoms with Crippen LogP contribution < -0.4 is 5.32 Å². The van der Waals surface area contributed by atoms with Gasteiger partial charge in [-0.2, -0.15) is 10.2 Å². The standard InChI is InChI=1S/C19H17FN6/c20-13-6-3-11(4-7-13)17-14-10-12(5-8-15(14)23-24-17)18-22-19(26-25-18)16-2-1-9-21-16/h3-8,10,16,21H,1-2,9H2,(H,23,24)(H,22,25,26). The molecule has 0 aliphatic carbocycles. The normalized spacial score (nSPS) is 17.2. The Morgan fingerprint density at radius 2 is 1.81 bits per heavy atom. The highest BCUT2D eigenvalue weighted by molar-refractivity contribution is 5.95. The van der Waals surface area contributed by atoms with Crippen molar-refractivity contribution in [3.63, 3.8) is 0 Å². The van der Waals surface area contributed by atoms with Crippen molar-refractivity contribution in [1.29, 1.82) is 0 Å². The summed E-state index contributed by atoms with van der Waals surface area (Å²) in [5.41, 5.74) is 3.49. The van der Waals surface area contributed by atoms with Gasteiger partial charge >= 0.3 is 0 Å². The highest BCUT2D eigenvalue weighted by Gasteiger charge is 2.20. The molecule has 1 saturated heterocycles. The third kappa shape index (κ3) is 2.57. The van der Waals surface area contributed by atoms with E-state index in [4.69, 9.17) is 0 Å². The zero-order chi connectivity index (χ0) is 17.5. The molecule has 3 heterocycles. The quantitative estimate of drug-likeness (QED) is 0.528. The molecule has 1 atom stereocenters. The Labute approximate surface area is 148 Å². The minimum absolute atomic E-state index is 0.253. The Kier molecular flexibility index (Phi) is 3.53. The van der Waals surface area contributed by atoms with E-state index in [9.17, 15) is 4.39 Å². The lowest BCUT2D eigenvalue weighted by molar-refractivity contribution is 0.608. The Hall–Kier alpha value is -3.06. The van der Waals surface area contributed by atoms with Gasteiger partial charge in [0.2, 0.25) is 0 Å². The van der Waals surface area contributed by atoms with Crippen LogP contribution in [0.15, 0.2) is 42.5 Å². The number of aromatic nitrogens is 5. The predicted octanol–water partition coefficient (Wildman–Crippen LogP) is 3.58. The number of nitrogens with one attached hydrogen (secondary N) is 3. The molecule has 0 amide bonds. The van der Waals surface area contributed by atoms with E-state index in [1.54, 1.807) is 12.1 Å². The number of hydrogen-bond donors (Lipinski definition) is 3. The molecule has 0 saturated carbocycles. The molecule has 1 unspecified atom stereocenters. The van der Waals surface area contributed by atoms with Crippen LogP contribution in [0.5, 0.6) is 0 Å². The molecule has 6 nitrogen and oxygen atoms in total. The molecule has 26 heavy (non-hydrogen) atoms. The molecule has 3 N–H and O–H groups in total. The van der Waals surface area contributed by atoms with Gasteiger partial charge < -0.3 is 5.32 Å². The molecular weight excluding hydrogens is 331 g/mol. The lowest BCUT2D eigenvalue weighted by Crippen LogP contribution is -2.14. The molecule has 1 aliphatic rings. The number of benzene rings is 2. The van der Waals surface area contributed by atoms with Crippen molar-refractivity contribution < 1.29 is 4.39 Å². The van der Waals surface area contributed by atoms with Crippen LogP contribution in [-0.4, -0.2) is 31.9 Å². The van der Waals surface area contributed by atoms with Gasteiger partial charge in [-0.25, -0.2) is 9.37 Å². The van der Waals surface area contributed by atoms with E-state index in [0.717, 1.165) is 52.9 Å². The second-order valence-corrected chi connectivity index (χ2v) is 6.53. The second kappa shape index (κ2) is 6.03. The summed E-state index contributed by atoms with van der Waals surface area (Å²) in [7, 11) is 0. The maximum Gasteiger partial charge on any atom is 0.181 e. The third-order valence-electron chi connectivity index (χ3n) is 4.83. The van der Waals surface area contributed by atoms with E-state index < -0.39 is 0 Å². The average Bonchev–Trinajstić information content (AvgIpc) is 3.41. The van der Waals surface area contributed by atoms with Gasteiger partial charge in [0, 0.05) is 16.5 Å². The zero-order valence-corrected chi connectivity index (χ0v) is 14.0. The number of aromatic amines is 2. The van der Waals surface area contributed by atoms with E-state index in [-0.39, 0.29) is 11.9 Å². The number of nitrogens with zero attached hydrogens (tertiary/aromatic N) is 3. The topological polar surface area (TPSA) is 82.3 Å². The third-order valence-corrected chi connectivity index (χ3v) is 4.83. The molecule has 7 heteroatoms. The second-order valence-electron chi connectivity index (χ2n) is 6.53. The van der Waals surface area contributed by atoms with Crippen molar-refractivity contribution in [3.8, 4) is 22.6 Å². The molecule has 5 rings (SSSR count). The van der Waals surface area contributed by atoms with Crippen molar-refractivity contribution in [3.05, 3.63) is 54.1 Å². The molecule has 0 spiro atoms. The molecule has 130 valence electrons. The Morgan fingerprint density at radius 1 is 0.962 bits per heavy atom. The van der Waals surface area contributed by atoms with Crippen LogP contribution >= 0.6 is 0 Å². The van der Waals surface area contributed by atoms with E-state index in [0.29, 0.717) is 5.82 Å². The number of H-pyrrole nitrogens is 2. The molecule has 0 radical (unpaired) electrons. The van der Waals surface area contributed by atoms with Crippen molar-refractivity contribution in [2.75, 3.05) is 6.54 Å². The van der Waals surface area contributed by atoms with Crippen LogP contribution in [0.4, 0.5) is 4.39 Å². The summed E-state index contributed by atoms with van der Waals surface area (Å²) < 4.78 is 13.2. The maximum atomic E-state index is 13.2. The van der Waals surface area contributed by atoms with Crippen molar-refractivity contribution in [1.82, 2.24) is 30.7 Å². The summed E-state index contributed by atoms with van der Waals surface area (Å²) in [6, 6.07) is 12.6. The fourth-order valence-electron chi connectivity index (χ4n) is 3.46. The van der Waals surface area contributed by atoms with Crippen LogP contribution in [-0.2, 0) is 0 Å². The maximum absolute atomic E-state index is 13.2. The average molecular weight is 348 g/mol. The minimum Gasteiger partial charge on any atom is -0.307 e. The first-order valence-electron chi connectivity index (χ1n) is 8.68. The number of fused-ring (bicyclic) bond motifs is 1. The number of hydrogen-bond acceptors (Lipinski definition) is 4. The molecule has 1 fully saturated rings. The van der Waals surface area contributed by atoms with Crippen molar-refractivity contribution in [2.45, 2.75) is 18.9 Å². The monoisotopic (exact) mass is 348 g/mol. The predicted molar refractivity (Wildman–Crippen MR) is 96.8 cm³/mol. The first-order chi connectivity index (χ1) is 12.8. The van der Waals surface area contributed by atoms with Gasteiger partial charge in [0.05, 0.1) is 17.3 Å². The van der Waals surface area contributed by atoms with Crippen LogP contribution in [0.1, 0.15) is 24.7 Å². The van der Waals surface area contributed by atoms with Crippen molar-refractivity contribution in [2.24, 2.45) is 0 Å². The van der Waals surface area contributed by atoms with Gasteiger partial charge in [-0.15, -0.1) is 0 Å². The molecular formula is C19H17FN6. The summed E-state index contributed by atoms with van der Waals surface area (Å²) in [6.07, 6.45) is 2.23. The molecule has 0 bridgehead atoms. The largest absolute Gasteiger partial charge is 0.307 e. The highest BCUT2D eigenvalue weighted by atomic mass is 19.1. The van der Waals surface area contributed by atoms with Gasteiger partial charge in [-0.05, 0) is 61.9 Å². The smallest absolute Gasteiger partial charge is 0.181 e. The van der Waals surface area contributed by atoms with E-state index in [1.807, 2.05) is 18.2 Å². The molecule has 1 aliphatic heterocycles. The molecule has 2 aromatic heterocycles. The van der Waals surface area contributed by atoms with E-state index in [1.165, 1.54) is 12.1 Å². The van der Waals surface area contributed by atoms with Gasteiger partial charge in [-0.1, -0.05) is 0 Å². The lowest BCUT2D eigenvalue weighted by atomic mass is 10.1. The number of halogens is 1. The summed E-state index contributed by atoms with van der Waals surface area (Å²) in [5, 5.41) is 19.2. The fraction of sp³-hybridized carbons (Fsp3) is 0.211. The summed E-state index contributed by atoms with van der Waals surface area (Å²) in [4.78, 5) is 4.66. The first-order valence-corrected chi connectivity index (χ1v) is 8.68. The van der Waals surface area contributed by atoms with Crippen LogP contribution in [0.25, 0.3) is 33.5 Å². The SMILES string of the molecule is Fc1ccc(-c2n[nH]c3ccc(-c4n[nH]c(C5CCCN5)n4)cc23)cc1. The summed E-state index contributed by atoms with van der Waals surface area (Å²) in [5.74, 6) is 1.29. The Morgan fingerprint density at radius 3 is 2.62 bits per heavy atom. The van der Waals surface area contributed by atoms with Gasteiger partial charge in [0.15, 0.2) is 5.82 Å². The first kappa shape index (κ1) is 15.2. The van der Waals surface area contributed by atoms with Gasteiger partial charge in [0.1, 0.15) is 11.6 Å². The van der Waals surface area contributed by atoms with Crippen LogP contribution in [0.3, 0.4) is 0 Å². The lowest BCUT2D eigenvalue weighted by Gasteiger charge is -2.03. The van der Waals surface area contributed by atoms with Crippen LogP contribution in [0.2, 0.25) is 0 Å². The highest BCUT2D eigenvalue weighted by Crippen LogP contribution is 2.30. The molecule has 4 aromatic rings. The minimum atomic E-state index is -0.261. The summed E-state index contributed by atoms with van der Waals surface area (Å²) in [6.45, 7) is 1.02. The number of rotatable bonds is 3. The fourth-order valence-corrected chi connectivity index (χ4v) is 3.46. The van der Waals surface area contributed by atoms with Gasteiger partial charge in [-0.3, -0.25) is 10.2 Å². The zero-order valence-electron chi connectivity index (χ0n) is 14.0. The van der Waals surface area contributed by atoms with Gasteiger partial charge in [0.25, 0.3) is 0 Å². The van der Waals surface area contributed by atoms with E-state index in [2.05, 4.69) is 30.7 Å². The van der Waals surface area contributed by atoms with E-state index >= 15 is 0 Å². The summed E-state index contributed by atoms with van der Waals surface area (Å²) >= 11 is 0. The Balaban J connectivity index is 1.55. The van der Waals surface area contributed by atoms with Crippen LogP contribution in [0, 0.1) is 5.82 Å². The molecule has 2 aromatic carbocycles.